The minimum absolute atomic E-state index is 0.138. The molecule has 1 amide bonds. The number of rotatable bonds is 6. The zero-order valence-corrected chi connectivity index (χ0v) is 21.7. The molecule has 7 nitrogen and oxygen atoms in total. The number of carbonyl (C=O) groups excluding carboxylic acids is 1. The highest BCUT2D eigenvalue weighted by molar-refractivity contribution is 6.30. The lowest BCUT2D eigenvalue weighted by Crippen LogP contribution is -2.49. The highest BCUT2D eigenvalue weighted by atomic mass is 35.5. The van der Waals surface area contributed by atoms with Gasteiger partial charge in [0.1, 0.15) is 17.8 Å². The Hall–Kier alpha value is -3.55. The molecule has 2 aromatic heterocycles. The number of halogens is 1. The van der Waals surface area contributed by atoms with Gasteiger partial charge in [-0.3, -0.25) is 14.7 Å². The second kappa shape index (κ2) is 10.1. The van der Waals surface area contributed by atoms with E-state index in [4.69, 9.17) is 16.3 Å². The monoisotopic (exact) mass is 515 g/mol. The first kappa shape index (κ1) is 23.8. The van der Waals surface area contributed by atoms with Crippen LogP contribution in [0.4, 0.5) is 0 Å². The fourth-order valence-electron chi connectivity index (χ4n) is 5.29. The van der Waals surface area contributed by atoms with Crippen LogP contribution >= 0.6 is 11.6 Å². The molecule has 2 aliphatic heterocycles. The van der Waals surface area contributed by atoms with Crippen LogP contribution < -0.4 is 15.4 Å². The largest absolute Gasteiger partial charge is 0.497 e. The highest BCUT2D eigenvalue weighted by Gasteiger charge is 2.23. The van der Waals surface area contributed by atoms with Gasteiger partial charge in [-0.1, -0.05) is 29.8 Å². The number of aromatic amines is 1. The number of carbonyl (C=O) groups is 1. The number of benzene rings is 2. The Balaban J connectivity index is 1.21. The summed E-state index contributed by atoms with van der Waals surface area (Å²) in [5.74, 6) is 0.932. The molecule has 190 valence electrons. The van der Waals surface area contributed by atoms with Crippen molar-refractivity contribution in [2.24, 2.45) is 4.99 Å². The van der Waals surface area contributed by atoms with Crippen molar-refractivity contribution in [3.8, 4) is 17.0 Å². The van der Waals surface area contributed by atoms with E-state index in [-0.39, 0.29) is 5.91 Å². The summed E-state index contributed by atoms with van der Waals surface area (Å²) in [4.78, 5) is 25.8. The van der Waals surface area contributed by atoms with Crippen molar-refractivity contribution in [2.45, 2.75) is 19.5 Å². The average molecular weight is 516 g/mol. The summed E-state index contributed by atoms with van der Waals surface area (Å²) in [6.45, 7) is 5.16. The predicted octanol–water partition coefficient (Wildman–Crippen LogP) is 3.45. The van der Waals surface area contributed by atoms with Crippen LogP contribution in [0.15, 0.2) is 59.7 Å². The van der Waals surface area contributed by atoms with Crippen molar-refractivity contribution in [1.29, 1.82) is 0 Å². The number of hydrogen-bond donors (Lipinski definition) is 1. The molecule has 1 N–H and O–H groups in total. The first-order valence-electron chi connectivity index (χ1n) is 12.7. The summed E-state index contributed by atoms with van der Waals surface area (Å²) in [6.07, 6.45) is 5.26. The summed E-state index contributed by atoms with van der Waals surface area (Å²) in [6, 6.07) is 16.2. The number of fused-ring (bicyclic) bond motifs is 2. The highest BCUT2D eigenvalue weighted by Crippen LogP contribution is 2.32. The van der Waals surface area contributed by atoms with E-state index in [0.717, 1.165) is 89.3 Å². The molecule has 4 aromatic rings. The van der Waals surface area contributed by atoms with Crippen LogP contribution in [0.2, 0.25) is 5.02 Å². The van der Waals surface area contributed by atoms with E-state index >= 15 is 0 Å². The van der Waals surface area contributed by atoms with Gasteiger partial charge >= 0.3 is 0 Å². The zero-order valence-electron chi connectivity index (χ0n) is 20.9. The molecule has 0 atom stereocenters. The fourth-order valence-corrected chi connectivity index (χ4v) is 5.41. The number of piperazine rings is 1. The van der Waals surface area contributed by atoms with Crippen LogP contribution in [0.1, 0.15) is 12.0 Å². The van der Waals surface area contributed by atoms with Gasteiger partial charge < -0.3 is 19.2 Å². The molecule has 1 saturated heterocycles. The molecular formula is C29H30ClN5O2. The third-order valence-electron chi connectivity index (χ3n) is 7.32. The Morgan fingerprint density at radius 1 is 1.08 bits per heavy atom. The van der Waals surface area contributed by atoms with Crippen molar-refractivity contribution >= 4 is 34.5 Å². The third-order valence-corrected chi connectivity index (χ3v) is 7.57. The Bertz CT molecular complexity index is 1530. The maximum absolute atomic E-state index is 13.4. The quantitative estimate of drug-likeness (QED) is 0.428. The van der Waals surface area contributed by atoms with Crippen LogP contribution in [0, 0.1) is 0 Å². The average Bonchev–Trinajstić information content (AvgIpc) is 3.51. The van der Waals surface area contributed by atoms with Gasteiger partial charge in [-0.15, -0.1) is 0 Å². The Labute approximate surface area is 220 Å². The van der Waals surface area contributed by atoms with E-state index in [1.54, 1.807) is 7.11 Å². The standard InChI is InChI=1S/C29H30ClN5O2/c1-37-23-8-9-27-24(16-23)25(26-15-21-3-2-10-31-29(21)32-26)18-35(27)19-28(36)34-13-11-33(12-14-34)17-20-4-6-22(30)7-5-20/h3-9,15-16,18H,2,10-14,17,19H2,1H3,(H,31,32). The number of nitrogens with one attached hydrogen (secondary N) is 1. The van der Waals surface area contributed by atoms with Gasteiger partial charge in [0, 0.05) is 77.9 Å². The summed E-state index contributed by atoms with van der Waals surface area (Å²) in [7, 11) is 1.68. The molecule has 0 aliphatic carbocycles. The Kier molecular flexibility index (Phi) is 6.49. The SMILES string of the molecule is COc1ccc2c(c1)c(-c1cc3c([nH]1)=NCCC=3)cn2CC(=O)N1CCN(Cc2ccc(Cl)cc2)CC1. The molecule has 0 radical (unpaired) electrons. The molecule has 0 spiro atoms. The number of aromatic nitrogens is 2. The van der Waals surface area contributed by atoms with Gasteiger partial charge in [0.15, 0.2) is 0 Å². The lowest BCUT2D eigenvalue weighted by molar-refractivity contribution is -0.133. The number of ether oxygens (including phenoxy) is 1. The number of nitrogens with zero attached hydrogens (tertiary/aromatic N) is 4. The zero-order chi connectivity index (χ0) is 25.4. The van der Waals surface area contributed by atoms with E-state index < -0.39 is 0 Å². The van der Waals surface area contributed by atoms with Crippen LogP contribution in [0.5, 0.6) is 5.75 Å². The topological polar surface area (TPSA) is 65.9 Å². The molecule has 2 aromatic carbocycles. The van der Waals surface area contributed by atoms with Crippen molar-refractivity contribution in [1.82, 2.24) is 19.4 Å². The van der Waals surface area contributed by atoms with Gasteiger partial charge in [-0.25, -0.2) is 0 Å². The molecule has 0 unspecified atom stereocenters. The van der Waals surface area contributed by atoms with Gasteiger partial charge in [0.25, 0.3) is 0 Å². The second-order valence-electron chi connectivity index (χ2n) is 9.70. The Morgan fingerprint density at radius 3 is 2.65 bits per heavy atom. The van der Waals surface area contributed by atoms with Crippen molar-refractivity contribution < 1.29 is 9.53 Å². The second-order valence-corrected chi connectivity index (χ2v) is 10.1. The van der Waals surface area contributed by atoms with Crippen molar-refractivity contribution in [2.75, 3.05) is 39.8 Å². The van der Waals surface area contributed by atoms with Crippen LogP contribution in [-0.2, 0) is 17.9 Å². The molecule has 2 aliphatic rings. The number of hydrogen-bond acceptors (Lipinski definition) is 4. The molecule has 4 heterocycles. The molecule has 37 heavy (non-hydrogen) atoms. The van der Waals surface area contributed by atoms with Crippen molar-refractivity contribution in [3.63, 3.8) is 0 Å². The summed E-state index contributed by atoms with van der Waals surface area (Å²) in [5.41, 5.74) is 5.23. The Morgan fingerprint density at radius 2 is 1.89 bits per heavy atom. The van der Waals surface area contributed by atoms with Crippen LogP contribution in [0.25, 0.3) is 28.2 Å². The fraction of sp³-hybridized carbons (Fsp3) is 0.310. The normalized spacial score (nSPS) is 15.8. The van der Waals surface area contributed by atoms with E-state index in [9.17, 15) is 4.79 Å². The predicted molar refractivity (Wildman–Crippen MR) is 146 cm³/mol. The summed E-state index contributed by atoms with van der Waals surface area (Å²) >= 11 is 6.01. The maximum Gasteiger partial charge on any atom is 0.242 e. The van der Waals surface area contributed by atoms with Crippen LogP contribution in [-0.4, -0.2) is 65.1 Å². The van der Waals surface area contributed by atoms with Gasteiger partial charge in [0.05, 0.1) is 7.11 Å². The van der Waals surface area contributed by atoms with E-state index in [2.05, 4.69) is 49.9 Å². The molecule has 8 heteroatoms. The van der Waals surface area contributed by atoms with Gasteiger partial charge in [-0.2, -0.15) is 0 Å². The lowest BCUT2D eigenvalue weighted by Gasteiger charge is -2.35. The molecule has 6 rings (SSSR count). The molecule has 0 saturated carbocycles. The number of methoxy groups -OCH3 is 1. The van der Waals surface area contributed by atoms with E-state index in [0.29, 0.717) is 6.54 Å². The summed E-state index contributed by atoms with van der Waals surface area (Å²) in [5, 5.41) is 2.94. The van der Waals surface area contributed by atoms with Gasteiger partial charge in [0.2, 0.25) is 5.91 Å². The number of amides is 1. The smallest absolute Gasteiger partial charge is 0.242 e. The van der Waals surface area contributed by atoms with E-state index in [1.807, 2.05) is 35.2 Å². The molecule has 0 bridgehead atoms. The minimum Gasteiger partial charge on any atom is -0.497 e. The maximum atomic E-state index is 13.4. The molecule has 1 fully saturated rings. The first-order chi connectivity index (χ1) is 18.1. The first-order valence-corrected chi connectivity index (χ1v) is 13.1. The third kappa shape index (κ3) is 4.89. The minimum atomic E-state index is 0.138. The number of H-pyrrole nitrogens is 1. The van der Waals surface area contributed by atoms with Gasteiger partial charge in [-0.05, 0) is 48.4 Å². The van der Waals surface area contributed by atoms with Crippen molar-refractivity contribution in [3.05, 3.63) is 76.0 Å². The molecular weight excluding hydrogens is 486 g/mol. The summed E-state index contributed by atoms with van der Waals surface area (Å²) < 4.78 is 7.57. The van der Waals surface area contributed by atoms with Crippen LogP contribution in [0.3, 0.4) is 0 Å². The lowest BCUT2D eigenvalue weighted by atomic mass is 10.1. The van der Waals surface area contributed by atoms with E-state index in [1.165, 1.54) is 5.56 Å².